The van der Waals surface area contributed by atoms with Crippen LogP contribution < -0.4 is 15.4 Å². The number of carbonyl (C=O) groups excluding carboxylic acids is 1. The summed E-state index contributed by atoms with van der Waals surface area (Å²) in [4.78, 5) is 10.9. The Hall–Kier alpha value is -2.75. The molecular weight excluding hydrogens is 359 g/mol. The van der Waals surface area contributed by atoms with Crippen molar-refractivity contribution in [2.24, 2.45) is 0 Å². The number of benzene rings is 2. The highest BCUT2D eigenvalue weighted by atomic mass is 32.2. The van der Waals surface area contributed by atoms with Gasteiger partial charge in [0.15, 0.2) is 0 Å². The lowest BCUT2D eigenvalue weighted by atomic mass is 10.2. The summed E-state index contributed by atoms with van der Waals surface area (Å²) >= 11 is 0. The number of halogens is 3. The molecule has 0 radical (unpaired) electrons. The molecule has 0 saturated heterocycles. The third-order valence-corrected chi connectivity index (χ3v) is 4.51. The van der Waals surface area contributed by atoms with Gasteiger partial charge in [-0.3, -0.25) is 4.72 Å². The summed E-state index contributed by atoms with van der Waals surface area (Å²) in [5, 5.41) is 4.86. The largest absolute Gasteiger partial charge is 0.416 e. The Morgan fingerprint density at radius 1 is 0.920 bits per heavy atom. The lowest BCUT2D eigenvalue weighted by Crippen LogP contribution is -2.24. The summed E-state index contributed by atoms with van der Waals surface area (Å²) in [7, 11) is -2.59. The Morgan fingerprint density at radius 2 is 1.44 bits per heavy atom. The summed E-state index contributed by atoms with van der Waals surface area (Å²) in [6.07, 6.45) is -4.54. The topological polar surface area (TPSA) is 87.3 Å². The number of alkyl halides is 3. The molecule has 0 aromatic heterocycles. The second kappa shape index (κ2) is 7.01. The van der Waals surface area contributed by atoms with Crippen molar-refractivity contribution in [3.63, 3.8) is 0 Å². The Kier molecular flexibility index (Phi) is 5.21. The van der Waals surface area contributed by atoms with E-state index in [9.17, 15) is 26.4 Å². The molecule has 6 nitrogen and oxygen atoms in total. The molecule has 3 N–H and O–H groups in total. The zero-order valence-electron chi connectivity index (χ0n) is 12.9. The molecule has 2 rings (SSSR count). The van der Waals surface area contributed by atoms with Gasteiger partial charge in [-0.15, -0.1) is 0 Å². The van der Waals surface area contributed by atoms with E-state index in [-0.39, 0.29) is 10.6 Å². The standard InChI is InChI=1S/C15H14F3N3O3S/c1-19-14(22)20-11-4-6-12(7-5-11)21-25(23,24)13-8-2-10(3-9-13)15(16,17)18/h2-9,21H,1H3,(H2,19,20,22). The molecule has 0 saturated carbocycles. The summed E-state index contributed by atoms with van der Waals surface area (Å²) in [6.45, 7) is 0. The number of hydrogen-bond acceptors (Lipinski definition) is 3. The smallest absolute Gasteiger partial charge is 0.341 e. The van der Waals surface area contributed by atoms with Gasteiger partial charge in [0.25, 0.3) is 10.0 Å². The molecule has 2 aromatic rings. The molecule has 0 unspecified atom stereocenters. The van der Waals surface area contributed by atoms with Crippen LogP contribution in [0.15, 0.2) is 53.4 Å². The van der Waals surface area contributed by atoms with Gasteiger partial charge in [0.1, 0.15) is 0 Å². The van der Waals surface area contributed by atoms with Crippen molar-refractivity contribution in [2.45, 2.75) is 11.1 Å². The fraction of sp³-hybridized carbons (Fsp3) is 0.133. The number of anilines is 2. The first kappa shape index (κ1) is 18.6. The fourth-order valence-electron chi connectivity index (χ4n) is 1.85. The van der Waals surface area contributed by atoms with E-state index in [1.807, 2.05) is 0 Å². The van der Waals surface area contributed by atoms with Crippen LogP contribution in [0.4, 0.5) is 29.3 Å². The summed E-state index contributed by atoms with van der Waals surface area (Å²) in [5.41, 5.74) is -0.296. The number of amides is 2. The highest BCUT2D eigenvalue weighted by Gasteiger charge is 2.30. The van der Waals surface area contributed by atoms with Gasteiger partial charge in [-0.2, -0.15) is 13.2 Å². The van der Waals surface area contributed by atoms with Gasteiger partial charge in [0, 0.05) is 18.4 Å². The molecular formula is C15H14F3N3O3S. The van der Waals surface area contributed by atoms with Crippen molar-refractivity contribution in [3.05, 3.63) is 54.1 Å². The second-order valence-electron chi connectivity index (χ2n) is 4.91. The van der Waals surface area contributed by atoms with Crippen molar-refractivity contribution in [3.8, 4) is 0 Å². The number of sulfonamides is 1. The number of rotatable bonds is 4. The van der Waals surface area contributed by atoms with Crippen LogP contribution in [0.1, 0.15) is 5.56 Å². The van der Waals surface area contributed by atoms with Crippen LogP contribution in [0.25, 0.3) is 0 Å². The molecule has 0 fully saturated rings. The molecule has 134 valence electrons. The third-order valence-electron chi connectivity index (χ3n) is 3.11. The average Bonchev–Trinajstić information content (AvgIpc) is 2.55. The van der Waals surface area contributed by atoms with Crippen molar-refractivity contribution >= 4 is 27.4 Å². The van der Waals surface area contributed by atoms with Gasteiger partial charge in [0.05, 0.1) is 10.5 Å². The number of urea groups is 1. The van der Waals surface area contributed by atoms with E-state index in [1.165, 1.54) is 31.3 Å². The zero-order valence-corrected chi connectivity index (χ0v) is 13.7. The Labute approximate surface area is 142 Å². The third kappa shape index (κ3) is 4.86. The van der Waals surface area contributed by atoms with Crippen molar-refractivity contribution in [1.29, 1.82) is 0 Å². The normalized spacial score (nSPS) is 11.7. The van der Waals surface area contributed by atoms with E-state index in [0.29, 0.717) is 17.8 Å². The summed E-state index contributed by atoms with van der Waals surface area (Å²) in [5.74, 6) is 0. The maximum atomic E-state index is 12.5. The highest BCUT2D eigenvalue weighted by molar-refractivity contribution is 7.92. The molecule has 0 heterocycles. The minimum Gasteiger partial charge on any atom is -0.341 e. The first-order valence-electron chi connectivity index (χ1n) is 6.91. The highest BCUT2D eigenvalue weighted by Crippen LogP contribution is 2.30. The van der Waals surface area contributed by atoms with Crippen molar-refractivity contribution in [2.75, 3.05) is 17.1 Å². The number of nitrogens with one attached hydrogen (secondary N) is 3. The Balaban J connectivity index is 2.14. The van der Waals surface area contributed by atoms with Gasteiger partial charge in [-0.05, 0) is 48.5 Å². The first-order chi connectivity index (χ1) is 11.6. The zero-order chi connectivity index (χ0) is 18.7. The van der Waals surface area contributed by atoms with Crippen LogP contribution in [-0.4, -0.2) is 21.5 Å². The maximum absolute atomic E-state index is 12.5. The molecule has 0 atom stereocenters. The molecule has 10 heteroatoms. The Morgan fingerprint density at radius 3 is 1.92 bits per heavy atom. The molecule has 0 spiro atoms. The van der Waals surface area contributed by atoms with Crippen LogP contribution in [0.2, 0.25) is 0 Å². The van der Waals surface area contributed by atoms with Crippen molar-refractivity contribution in [1.82, 2.24) is 5.32 Å². The van der Waals surface area contributed by atoms with E-state index >= 15 is 0 Å². The van der Waals surface area contributed by atoms with Crippen LogP contribution in [-0.2, 0) is 16.2 Å². The first-order valence-corrected chi connectivity index (χ1v) is 8.39. The van der Waals surface area contributed by atoms with Crippen LogP contribution in [0.3, 0.4) is 0 Å². The van der Waals surface area contributed by atoms with E-state index in [2.05, 4.69) is 15.4 Å². The van der Waals surface area contributed by atoms with Crippen molar-refractivity contribution < 1.29 is 26.4 Å². The fourth-order valence-corrected chi connectivity index (χ4v) is 2.91. The Bertz CT molecular complexity index is 848. The molecule has 25 heavy (non-hydrogen) atoms. The molecule has 2 amide bonds. The van der Waals surface area contributed by atoms with E-state index in [4.69, 9.17) is 0 Å². The van der Waals surface area contributed by atoms with Gasteiger partial charge in [0.2, 0.25) is 0 Å². The summed E-state index contributed by atoms with van der Waals surface area (Å²) in [6, 6.07) is 8.49. The van der Waals surface area contributed by atoms with Crippen LogP contribution >= 0.6 is 0 Å². The van der Waals surface area contributed by atoms with Gasteiger partial charge >= 0.3 is 12.2 Å². The van der Waals surface area contributed by atoms with E-state index in [0.717, 1.165) is 12.1 Å². The predicted molar refractivity (Wildman–Crippen MR) is 86.8 cm³/mol. The number of hydrogen-bond donors (Lipinski definition) is 3. The van der Waals surface area contributed by atoms with Crippen LogP contribution in [0.5, 0.6) is 0 Å². The average molecular weight is 373 g/mol. The van der Waals surface area contributed by atoms with Gasteiger partial charge in [-0.25, -0.2) is 13.2 Å². The lowest BCUT2D eigenvalue weighted by Gasteiger charge is -2.11. The number of carbonyl (C=O) groups is 1. The van der Waals surface area contributed by atoms with Gasteiger partial charge < -0.3 is 10.6 Å². The minimum atomic E-state index is -4.54. The minimum absolute atomic E-state index is 0.197. The monoisotopic (exact) mass is 373 g/mol. The second-order valence-corrected chi connectivity index (χ2v) is 6.59. The quantitative estimate of drug-likeness (QED) is 0.769. The molecule has 0 aliphatic rings. The van der Waals surface area contributed by atoms with Crippen LogP contribution in [0, 0.1) is 0 Å². The SMILES string of the molecule is CNC(=O)Nc1ccc(NS(=O)(=O)c2ccc(C(F)(F)F)cc2)cc1. The maximum Gasteiger partial charge on any atom is 0.416 e. The molecule has 2 aromatic carbocycles. The lowest BCUT2D eigenvalue weighted by molar-refractivity contribution is -0.137. The van der Waals surface area contributed by atoms with Gasteiger partial charge in [-0.1, -0.05) is 0 Å². The molecule has 0 aliphatic carbocycles. The summed E-state index contributed by atoms with van der Waals surface area (Å²) < 4.78 is 64.2. The van der Waals surface area contributed by atoms with E-state index in [1.54, 1.807) is 0 Å². The molecule has 0 bridgehead atoms. The van der Waals surface area contributed by atoms with E-state index < -0.39 is 27.8 Å². The predicted octanol–water partition coefficient (Wildman–Crippen LogP) is 3.26. The molecule has 0 aliphatic heterocycles.